The van der Waals surface area contributed by atoms with Gasteiger partial charge in [0.2, 0.25) is 0 Å². The van der Waals surface area contributed by atoms with Crippen LogP contribution in [0.4, 0.5) is 0 Å². The molecule has 0 spiro atoms. The molecule has 2 aromatic carbocycles. The Labute approximate surface area is 146 Å². The molecule has 2 N–H and O–H groups in total. The molecule has 1 aliphatic rings. The van der Waals surface area contributed by atoms with E-state index >= 15 is 0 Å². The van der Waals surface area contributed by atoms with Crippen molar-refractivity contribution in [2.24, 2.45) is 5.92 Å². The maximum atomic E-state index is 10.7. The molecule has 0 radical (unpaired) electrons. The van der Waals surface area contributed by atoms with E-state index in [-0.39, 0.29) is 6.42 Å². The highest BCUT2D eigenvalue weighted by Gasteiger charge is 2.39. The highest BCUT2D eigenvalue weighted by atomic mass is 16.5. The van der Waals surface area contributed by atoms with Crippen molar-refractivity contribution in [3.63, 3.8) is 0 Å². The topological polar surface area (TPSA) is 76.0 Å². The van der Waals surface area contributed by atoms with E-state index in [1.807, 2.05) is 18.2 Å². The molecule has 0 aliphatic heterocycles. The van der Waals surface area contributed by atoms with Crippen LogP contribution in [0.5, 0.6) is 11.5 Å². The fourth-order valence-corrected chi connectivity index (χ4v) is 3.01. The zero-order valence-corrected chi connectivity index (χ0v) is 14.1. The number of rotatable bonds is 8. The summed E-state index contributed by atoms with van der Waals surface area (Å²) in [5.41, 5.74) is 1.82. The first kappa shape index (κ1) is 17.3. The number of methoxy groups -OCH3 is 1. The predicted octanol–water partition coefficient (Wildman–Crippen LogP) is 3.39. The van der Waals surface area contributed by atoms with Crippen LogP contribution >= 0.6 is 0 Å². The van der Waals surface area contributed by atoms with Gasteiger partial charge in [-0.3, -0.25) is 4.79 Å². The van der Waals surface area contributed by atoms with Gasteiger partial charge in [0.05, 0.1) is 26.2 Å². The highest BCUT2D eigenvalue weighted by Crippen LogP contribution is 2.48. The first-order valence-corrected chi connectivity index (χ1v) is 8.33. The van der Waals surface area contributed by atoms with E-state index in [2.05, 4.69) is 12.1 Å². The number of benzene rings is 2. The molecule has 1 fully saturated rings. The lowest BCUT2D eigenvalue weighted by atomic mass is 10.1. The molecule has 132 valence electrons. The van der Waals surface area contributed by atoms with Gasteiger partial charge in [0.1, 0.15) is 11.5 Å². The second-order valence-corrected chi connectivity index (χ2v) is 6.38. The van der Waals surface area contributed by atoms with E-state index in [0.29, 0.717) is 29.8 Å². The molecule has 0 saturated heterocycles. The third-order valence-electron chi connectivity index (χ3n) is 4.52. The van der Waals surface area contributed by atoms with Crippen molar-refractivity contribution >= 4 is 5.97 Å². The van der Waals surface area contributed by atoms with Gasteiger partial charge in [-0.2, -0.15) is 0 Å². The number of ether oxygens (including phenoxy) is 2. The predicted molar refractivity (Wildman–Crippen MR) is 93.0 cm³/mol. The maximum Gasteiger partial charge on any atom is 0.306 e. The van der Waals surface area contributed by atoms with Crippen molar-refractivity contribution in [3.05, 3.63) is 59.7 Å². The van der Waals surface area contributed by atoms with E-state index in [0.717, 1.165) is 12.2 Å². The number of aliphatic hydroxyl groups is 1. The Morgan fingerprint density at radius 1 is 1.20 bits per heavy atom. The molecule has 2 unspecified atom stereocenters. The minimum absolute atomic E-state index is 0.315. The number of carbonyl (C=O) groups is 1. The SMILES string of the molecule is COc1cccc(C2CC2COc2cccc([C@H](O)CC(=O)O)c2)c1. The quantitative estimate of drug-likeness (QED) is 0.769. The Balaban J connectivity index is 1.55. The molecule has 5 heteroatoms. The minimum Gasteiger partial charge on any atom is -0.497 e. The van der Waals surface area contributed by atoms with Crippen molar-refractivity contribution in [2.75, 3.05) is 13.7 Å². The summed E-state index contributed by atoms with van der Waals surface area (Å²) in [5.74, 6) is 1.43. The van der Waals surface area contributed by atoms with Gasteiger partial charge >= 0.3 is 5.97 Å². The smallest absolute Gasteiger partial charge is 0.306 e. The molecule has 5 nitrogen and oxygen atoms in total. The molecule has 1 aliphatic carbocycles. The van der Waals surface area contributed by atoms with Crippen molar-refractivity contribution in [3.8, 4) is 11.5 Å². The Kier molecular flexibility index (Phi) is 5.24. The Hall–Kier alpha value is -2.53. The second kappa shape index (κ2) is 7.57. The highest BCUT2D eigenvalue weighted by molar-refractivity contribution is 5.67. The van der Waals surface area contributed by atoms with Gasteiger partial charge in [0, 0.05) is 5.92 Å². The van der Waals surface area contributed by atoms with E-state index in [4.69, 9.17) is 14.6 Å². The van der Waals surface area contributed by atoms with Crippen molar-refractivity contribution in [2.45, 2.75) is 24.9 Å². The second-order valence-electron chi connectivity index (χ2n) is 6.38. The molecule has 0 bridgehead atoms. The van der Waals surface area contributed by atoms with Crippen LogP contribution in [0.3, 0.4) is 0 Å². The number of hydrogen-bond donors (Lipinski definition) is 2. The van der Waals surface area contributed by atoms with Crippen LogP contribution in [0.15, 0.2) is 48.5 Å². The van der Waals surface area contributed by atoms with Crippen LogP contribution in [-0.2, 0) is 4.79 Å². The molecule has 0 aromatic heterocycles. The first-order chi connectivity index (χ1) is 12.1. The van der Waals surface area contributed by atoms with Crippen LogP contribution in [0, 0.1) is 5.92 Å². The van der Waals surface area contributed by atoms with Crippen LogP contribution in [0.25, 0.3) is 0 Å². The average Bonchev–Trinajstić information content (AvgIpc) is 3.39. The molecule has 0 amide bonds. The number of carboxylic acid groups (broad SMARTS) is 1. The molecular weight excluding hydrogens is 320 g/mol. The van der Waals surface area contributed by atoms with Gasteiger partial charge < -0.3 is 19.7 Å². The lowest BCUT2D eigenvalue weighted by Crippen LogP contribution is -2.06. The summed E-state index contributed by atoms with van der Waals surface area (Å²) in [6, 6.07) is 15.1. The minimum atomic E-state index is -1.03. The molecule has 0 heterocycles. The monoisotopic (exact) mass is 342 g/mol. The van der Waals surface area contributed by atoms with E-state index in [1.54, 1.807) is 25.3 Å². The molecule has 3 atom stereocenters. The molecular formula is C20H22O5. The van der Waals surface area contributed by atoms with E-state index < -0.39 is 12.1 Å². The van der Waals surface area contributed by atoms with E-state index in [1.165, 1.54) is 5.56 Å². The molecule has 3 rings (SSSR count). The van der Waals surface area contributed by atoms with Gasteiger partial charge in [-0.1, -0.05) is 24.3 Å². The molecule has 1 saturated carbocycles. The first-order valence-electron chi connectivity index (χ1n) is 8.33. The Morgan fingerprint density at radius 3 is 2.72 bits per heavy atom. The fraction of sp³-hybridized carbons (Fsp3) is 0.350. The van der Waals surface area contributed by atoms with Gasteiger partial charge in [-0.15, -0.1) is 0 Å². The normalized spacial score (nSPS) is 19.9. The summed E-state index contributed by atoms with van der Waals surface area (Å²) >= 11 is 0. The number of carboxylic acids is 1. The third-order valence-corrected chi connectivity index (χ3v) is 4.52. The number of aliphatic carboxylic acids is 1. The summed E-state index contributed by atoms with van der Waals surface area (Å²) in [5, 5.41) is 18.7. The van der Waals surface area contributed by atoms with E-state index in [9.17, 15) is 9.90 Å². The summed E-state index contributed by atoms with van der Waals surface area (Å²) in [6.07, 6.45) is -0.259. The zero-order valence-electron chi connectivity index (χ0n) is 14.1. The standard InChI is InChI=1S/C20H22O5/c1-24-16-6-2-4-13(8-16)18-10-15(18)12-25-17-7-3-5-14(9-17)19(21)11-20(22)23/h2-9,15,18-19,21H,10-12H2,1H3,(H,22,23)/t15?,18?,19-/m1/s1. The fourth-order valence-electron chi connectivity index (χ4n) is 3.01. The maximum absolute atomic E-state index is 10.7. The van der Waals surface area contributed by atoms with Gasteiger partial charge in [-0.25, -0.2) is 0 Å². The van der Waals surface area contributed by atoms with Crippen LogP contribution in [-0.4, -0.2) is 29.9 Å². The largest absolute Gasteiger partial charge is 0.497 e. The van der Waals surface area contributed by atoms with Crippen LogP contribution in [0.1, 0.15) is 36.0 Å². The lowest BCUT2D eigenvalue weighted by Gasteiger charge is -2.11. The Morgan fingerprint density at radius 2 is 1.96 bits per heavy atom. The number of hydrogen-bond acceptors (Lipinski definition) is 4. The summed E-state index contributed by atoms with van der Waals surface area (Å²) in [6.45, 7) is 0.598. The van der Waals surface area contributed by atoms with Crippen molar-refractivity contribution in [1.82, 2.24) is 0 Å². The average molecular weight is 342 g/mol. The third kappa shape index (κ3) is 4.51. The molecule has 25 heavy (non-hydrogen) atoms. The van der Waals surface area contributed by atoms with Gasteiger partial charge in [0.25, 0.3) is 0 Å². The Bertz CT molecular complexity index is 742. The van der Waals surface area contributed by atoms with Crippen LogP contribution < -0.4 is 9.47 Å². The summed E-state index contributed by atoms with van der Waals surface area (Å²) in [7, 11) is 1.67. The van der Waals surface area contributed by atoms with Gasteiger partial charge in [-0.05, 0) is 47.7 Å². The zero-order chi connectivity index (χ0) is 17.8. The van der Waals surface area contributed by atoms with Gasteiger partial charge in [0.15, 0.2) is 0 Å². The van der Waals surface area contributed by atoms with Crippen LogP contribution in [0.2, 0.25) is 0 Å². The summed E-state index contributed by atoms with van der Waals surface area (Å²) < 4.78 is 11.1. The molecule has 2 aromatic rings. The summed E-state index contributed by atoms with van der Waals surface area (Å²) in [4.78, 5) is 10.7. The van der Waals surface area contributed by atoms with Crippen molar-refractivity contribution in [1.29, 1.82) is 0 Å². The van der Waals surface area contributed by atoms with Crippen molar-refractivity contribution < 1.29 is 24.5 Å². The lowest BCUT2D eigenvalue weighted by molar-refractivity contribution is -0.139. The number of aliphatic hydroxyl groups excluding tert-OH is 1.